The Labute approximate surface area is 164 Å². The summed E-state index contributed by atoms with van der Waals surface area (Å²) in [4.78, 5) is 28.5. The maximum atomic E-state index is 12.8. The van der Waals surface area contributed by atoms with E-state index >= 15 is 0 Å². The highest BCUT2D eigenvalue weighted by molar-refractivity contribution is 6.30. The maximum Gasteiger partial charge on any atom is 0.270 e. The minimum Gasteiger partial charge on any atom is -0.496 e. The summed E-state index contributed by atoms with van der Waals surface area (Å²) in [6, 6.07) is 7.29. The molecule has 7 heteroatoms. The summed E-state index contributed by atoms with van der Waals surface area (Å²) in [5, 5.41) is 0.685. The van der Waals surface area contributed by atoms with Crippen LogP contribution in [-0.2, 0) is 13.6 Å². The van der Waals surface area contributed by atoms with E-state index in [-0.39, 0.29) is 11.7 Å². The van der Waals surface area contributed by atoms with Crippen LogP contribution in [0.5, 0.6) is 5.75 Å². The quantitative estimate of drug-likeness (QED) is 0.738. The SMILES string of the molecule is COc1ccc(Cl)cc1CN1CCN(C(=O)c2cc(C(C)=O)cn2C)CC1. The molecule has 0 bridgehead atoms. The molecule has 0 spiro atoms. The first-order chi connectivity index (χ1) is 12.9. The van der Waals surface area contributed by atoms with E-state index in [4.69, 9.17) is 16.3 Å². The molecule has 144 valence electrons. The van der Waals surface area contributed by atoms with Gasteiger partial charge in [-0.1, -0.05) is 11.6 Å². The van der Waals surface area contributed by atoms with E-state index in [1.807, 2.05) is 23.1 Å². The number of carbonyl (C=O) groups excluding carboxylic acids is 2. The summed E-state index contributed by atoms with van der Waals surface area (Å²) >= 11 is 6.11. The van der Waals surface area contributed by atoms with Gasteiger partial charge in [0.05, 0.1) is 7.11 Å². The molecule has 2 heterocycles. The average Bonchev–Trinajstić information content (AvgIpc) is 3.04. The van der Waals surface area contributed by atoms with E-state index < -0.39 is 0 Å². The fraction of sp³-hybridized carbons (Fsp3) is 0.400. The van der Waals surface area contributed by atoms with Crippen LogP contribution in [0.2, 0.25) is 5.02 Å². The number of hydrogen-bond acceptors (Lipinski definition) is 4. The highest BCUT2D eigenvalue weighted by Gasteiger charge is 2.25. The van der Waals surface area contributed by atoms with Crippen LogP contribution in [0.15, 0.2) is 30.5 Å². The minimum absolute atomic E-state index is 0.0370. The van der Waals surface area contributed by atoms with Gasteiger partial charge in [0.1, 0.15) is 11.4 Å². The number of piperazine rings is 1. The van der Waals surface area contributed by atoms with Gasteiger partial charge in [0.25, 0.3) is 5.91 Å². The molecule has 0 saturated carbocycles. The molecule has 1 aliphatic rings. The first kappa shape index (κ1) is 19.5. The monoisotopic (exact) mass is 389 g/mol. The predicted molar refractivity (Wildman–Crippen MR) is 105 cm³/mol. The Morgan fingerprint density at radius 2 is 1.85 bits per heavy atom. The molecule has 1 amide bonds. The van der Waals surface area contributed by atoms with E-state index in [2.05, 4.69) is 4.90 Å². The van der Waals surface area contributed by atoms with Gasteiger partial charge in [-0.05, 0) is 31.2 Å². The standard InChI is InChI=1S/C20H24ClN3O3/c1-14(25)15-11-18(22(2)12-15)20(26)24-8-6-23(7-9-24)13-16-10-17(21)4-5-19(16)27-3/h4-5,10-12H,6-9,13H2,1-3H3. The Morgan fingerprint density at radius 3 is 2.44 bits per heavy atom. The van der Waals surface area contributed by atoms with Crippen molar-refractivity contribution in [3.05, 3.63) is 52.3 Å². The zero-order valence-corrected chi connectivity index (χ0v) is 16.6. The number of benzene rings is 1. The van der Waals surface area contributed by atoms with Gasteiger partial charge >= 0.3 is 0 Å². The molecule has 2 aromatic rings. The summed E-state index contributed by atoms with van der Waals surface area (Å²) in [6.45, 7) is 5.05. The molecule has 1 aromatic carbocycles. The third-order valence-corrected chi connectivity index (χ3v) is 5.16. The molecule has 0 N–H and O–H groups in total. The lowest BCUT2D eigenvalue weighted by atomic mass is 10.1. The van der Waals surface area contributed by atoms with E-state index in [1.54, 1.807) is 31.0 Å². The van der Waals surface area contributed by atoms with Crippen molar-refractivity contribution in [2.75, 3.05) is 33.3 Å². The fourth-order valence-corrected chi connectivity index (χ4v) is 3.55. The van der Waals surface area contributed by atoms with Gasteiger partial charge in [-0.15, -0.1) is 0 Å². The van der Waals surface area contributed by atoms with Crippen LogP contribution in [0.4, 0.5) is 0 Å². The van der Waals surface area contributed by atoms with Crippen molar-refractivity contribution in [1.29, 1.82) is 0 Å². The second-order valence-corrected chi connectivity index (χ2v) is 7.24. The number of ether oxygens (including phenoxy) is 1. The van der Waals surface area contributed by atoms with Gasteiger partial charge in [0.2, 0.25) is 0 Å². The number of aromatic nitrogens is 1. The minimum atomic E-state index is -0.0371. The lowest BCUT2D eigenvalue weighted by Gasteiger charge is -2.35. The number of rotatable bonds is 5. The summed E-state index contributed by atoms with van der Waals surface area (Å²) < 4.78 is 7.14. The van der Waals surface area contributed by atoms with Crippen LogP contribution >= 0.6 is 11.6 Å². The third kappa shape index (κ3) is 4.34. The summed E-state index contributed by atoms with van der Waals surface area (Å²) in [7, 11) is 3.44. The molecule has 3 rings (SSSR count). The summed E-state index contributed by atoms with van der Waals surface area (Å²) in [6.07, 6.45) is 1.71. The van der Waals surface area contributed by atoms with Crippen LogP contribution in [0.3, 0.4) is 0 Å². The van der Waals surface area contributed by atoms with Gasteiger partial charge < -0.3 is 14.2 Å². The molecule has 0 atom stereocenters. The molecule has 0 radical (unpaired) electrons. The van der Waals surface area contributed by atoms with Gasteiger partial charge in [0.15, 0.2) is 5.78 Å². The summed E-state index contributed by atoms with van der Waals surface area (Å²) in [5.41, 5.74) is 2.15. The van der Waals surface area contributed by atoms with E-state index in [0.717, 1.165) is 30.9 Å². The lowest BCUT2D eigenvalue weighted by molar-refractivity contribution is 0.0618. The topological polar surface area (TPSA) is 54.8 Å². The van der Waals surface area contributed by atoms with Crippen molar-refractivity contribution in [3.63, 3.8) is 0 Å². The molecule has 6 nitrogen and oxygen atoms in total. The number of ketones is 1. The molecule has 0 aliphatic carbocycles. The van der Waals surface area contributed by atoms with Crippen LogP contribution in [-0.4, -0.2) is 59.3 Å². The maximum absolute atomic E-state index is 12.8. The van der Waals surface area contributed by atoms with E-state index in [9.17, 15) is 9.59 Å². The highest BCUT2D eigenvalue weighted by atomic mass is 35.5. The molecule has 0 unspecified atom stereocenters. The normalized spacial score (nSPS) is 15.0. The molecule has 27 heavy (non-hydrogen) atoms. The number of carbonyl (C=O) groups is 2. The average molecular weight is 390 g/mol. The van der Waals surface area contributed by atoms with Gasteiger partial charge in [-0.3, -0.25) is 14.5 Å². The number of aryl methyl sites for hydroxylation is 1. The van der Waals surface area contributed by atoms with Crippen LogP contribution in [0.1, 0.15) is 33.3 Å². The van der Waals surface area contributed by atoms with Crippen molar-refractivity contribution in [2.45, 2.75) is 13.5 Å². The number of nitrogens with zero attached hydrogens (tertiary/aromatic N) is 3. The van der Waals surface area contributed by atoms with Crippen LogP contribution in [0.25, 0.3) is 0 Å². The van der Waals surface area contributed by atoms with Crippen molar-refractivity contribution in [3.8, 4) is 5.75 Å². The molecule has 1 aliphatic heterocycles. The van der Waals surface area contributed by atoms with Crippen molar-refractivity contribution < 1.29 is 14.3 Å². The third-order valence-electron chi connectivity index (χ3n) is 4.93. The Balaban J connectivity index is 1.63. The Morgan fingerprint density at radius 1 is 1.15 bits per heavy atom. The number of methoxy groups -OCH3 is 1. The van der Waals surface area contributed by atoms with Gasteiger partial charge in [-0.2, -0.15) is 0 Å². The Kier molecular flexibility index (Phi) is 5.87. The largest absolute Gasteiger partial charge is 0.496 e. The molecule has 1 aromatic heterocycles. The van der Waals surface area contributed by atoms with Gasteiger partial charge in [-0.25, -0.2) is 0 Å². The van der Waals surface area contributed by atoms with Crippen molar-refractivity contribution in [2.24, 2.45) is 7.05 Å². The number of halogens is 1. The first-order valence-corrected chi connectivity index (χ1v) is 9.28. The van der Waals surface area contributed by atoms with E-state index in [1.165, 1.54) is 6.92 Å². The first-order valence-electron chi connectivity index (χ1n) is 8.90. The number of amides is 1. The predicted octanol–water partition coefficient (Wildman–Crippen LogP) is 2.85. The molecule has 1 fully saturated rings. The van der Waals surface area contributed by atoms with Gasteiger partial charge in [0, 0.05) is 62.1 Å². The van der Waals surface area contributed by atoms with E-state index in [0.29, 0.717) is 29.4 Å². The van der Waals surface area contributed by atoms with Crippen molar-refractivity contribution in [1.82, 2.24) is 14.4 Å². The molecular formula is C20H24ClN3O3. The fourth-order valence-electron chi connectivity index (χ4n) is 3.35. The van der Waals surface area contributed by atoms with Crippen LogP contribution < -0.4 is 4.74 Å². The Bertz CT molecular complexity index is 854. The van der Waals surface area contributed by atoms with Crippen LogP contribution in [0, 0.1) is 0 Å². The number of hydrogen-bond donors (Lipinski definition) is 0. The van der Waals surface area contributed by atoms with Crippen molar-refractivity contribution >= 4 is 23.3 Å². The zero-order chi connectivity index (χ0) is 19.6. The number of Topliss-reactive ketones (excluding diaryl/α,β-unsaturated/α-hetero) is 1. The highest BCUT2D eigenvalue weighted by Crippen LogP contribution is 2.24. The molecule has 1 saturated heterocycles. The second-order valence-electron chi connectivity index (χ2n) is 6.81. The summed E-state index contributed by atoms with van der Waals surface area (Å²) in [5.74, 6) is 0.744. The lowest BCUT2D eigenvalue weighted by Crippen LogP contribution is -2.48. The zero-order valence-electron chi connectivity index (χ0n) is 15.9. The Hall–Kier alpha value is -2.31. The molecular weight excluding hydrogens is 366 g/mol. The smallest absolute Gasteiger partial charge is 0.270 e. The second kappa shape index (κ2) is 8.15.